The molecular formula is C36H49N. The molecule has 198 valence electrons. The van der Waals surface area contributed by atoms with Crippen LogP contribution in [0.4, 0.5) is 0 Å². The first-order valence-electron chi connectivity index (χ1n) is 15.3. The van der Waals surface area contributed by atoms with Gasteiger partial charge in [-0.05, 0) is 72.7 Å². The van der Waals surface area contributed by atoms with Gasteiger partial charge in [-0.15, -0.1) is 0 Å². The van der Waals surface area contributed by atoms with Gasteiger partial charge in [0.05, 0.1) is 5.69 Å². The van der Waals surface area contributed by atoms with E-state index in [2.05, 4.69) is 76.2 Å². The van der Waals surface area contributed by atoms with Gasteiger partial charge in [0.1, 0.15) is 0 Å². The van der Waals surface area contributed by atoms with E-state index in [0.717, 1.165) is 5.69 Å². The fourth-order valence-electron chi connectivity index (χ4n) is 6.54. The van der Waals surface area contributed by atoms with Crippen molar-refractivity contribution in [3.63, 3.8) is 0 Å². The molecule has 37 heavy (non-hydrogen) atoms. The van der Waals surface area contributed by atoms with Crippen molar-refractivity contribution in [2.24, 2.45) is 0 Å². The zero-order valence-corrected chi connectivity index (χ0v) is 24.0. The molecule has 1 heteroatoms. The monoisotopic (exact) mass is 495 g/mol. The number of nitrogens with zero attached hydrogens (tertiary/aromatic N) is 1. The van der Waals surface area contributed by atoms with Crippen LogP contribution in [0.3, 0.4) is 0 Å². The van der Waals surface area contributed by atoms with Crippen molar-refractivity contribution in [3.05, 3.63) is 77.0 Å². The van der Waals surface area contributed by atoms with Crippen LogP contribution in [0.1, 0.15) is 126 Å². The molecule has 0 radical (unpaired) electrons. The molecule has 0 unspecified atom stereocenters. The first-order valence-corrected chi connectivity index (χ1v) is 15.3. The third-order valence-corrected chi connectivity index (χ3v) is 8.64. The molecule has 4 rings (SSSR count). The molecular weight excluding hydrogens is 446 g/mol. The van der Waals surface area contributed by atoms with Crippen LogP contribution in [-0.4, -0.2) is 4.98 Å². The molecule has 0 N–H and O–H groups in total. The summed E-state index contributed by atoms with van der Waals surface area (Å²) in [4.78, 5) is 4.75. The standard InChI is InChI=1S/C36H49N/c1-5-7-9-11-13-15-22-36(23-16-14-12-10-8-6-2)33-25-28(3)17-19-31(33)32-20-18-30(27-34(32)36)35-26-29(4)21-24-37-35/h17-21,24-27H,5-16,22-23H2,1-4H3. The molecule has 1 aliphatic carbocycles. The van der Waals surface area contributed by atoms with Crippen molar-refractivity contribution in [3.8, 4) is 22.4 Å². The lowest BCUT2D eigenvalue weighted by Crippen LogP contribution is -2.25. The minimum atomic E-state index is 0.131. The van der Waals surface area contributed by atoms with Crippen LogP contribution < -0.4 is 0 Å². The number of benzene rings is 2. The second-order valence-corrected chi connectivity index (χ2v) is 11.6. The number of hydrogen-bond donors (Lipinski definition) is 0. The van der Waals surface area contributed by atoms with Gasteiger partial charge >= 0.3 is 0 Å². The van der Waals surface area contributed by atoms with Crippen LogP contribution in [0.15, 0.2) is 54.7 Å². The molecule has 0 fully saturated rings. The summed E-state index contributed by atoms with van der Waals surface area (Å²) in [6.45, 7) is 9.06. The predicted molar refractivity (Wildman–Crippen MR) is 161 cm³/mol. The zero-order chi connectivity index (χ0) is 26.1. The molecule has 1 heterocycles. The Hall–Kier alpha value is -2.41. The smallest absolute Gasteiger partial charge is 0.0704 e. The van der Waals surface area contributed by atoms with Gasteiger partial charge in [-0.2, -0.15) is 0 Å². The third-order valence-electron chi connectivity index (χ3n) is 8.64. The van der Waals surface area contributed by atoms with E-state index in [0.29, 0.717) is 0 Å². The Morgan fingerprint density at radius 3 is 1.73 bits per heavy atom. The summed E-state index contributed by atoms with van der Waals surface area (Å²) >= 11 is 0. The summed E-state index contributed by atoms with van der Waals surface area (Å²) in [7, 11) is 0. The molecule has 1 nitrogen and oxygen atoms in total. The number of rotatable bonds is 15. The van der Waals surface area contributed by atoms with Crippen LogP contribution in [0.2, 0.25) is 0 Å². The van der Waals surface area contributed by atoms with Crippen LogP contribution in [0.25, 0.3) is 22.4 Å². The lowest BCUT2D eigenvalue weighted by atomic mass is 9.70. The highest BCUT2D eigenvalue weighted by Crippen LogP contribution is 2.55. The number of fused-ring (bicyclic) bond motifs is 3. The van der Waals surface area contributed by atoms with Crippen molar-refractivity contribution >= 4 is 0 Å². The highest BCUT2D eigenvalue weighted by Gasteiger charge is 2.42. The molecule has 1 aromatic heterocycles. The third kappa shape index (κ3) is 6.54. The second-order valence-electron chi connectivity index (χ2n) is 11.6. The van der Waals surface area contributed by atoms with E-state index >= 15 is 0 Å². The number of pyridine rings is 1. The van der Waals surface area contributed by atoms with Gasteiger partial charge in [-0.25, -0.2) is 0 Å². The Labute approximate surface area is 227 Å². The number of aryl methyl sites for hydroxylation is 2. The fourth-order valence-corrected chi connectivity index (χ4v) is 6.54. The summed E-state index contributed by atoms with van der Waals surface area (Å²) in [5.41, 5.74) is 11.3. The van der Waals surface area contributed by atoms with Gasteiger partial charge in [-0.1, -0.05) is 127 Å². The topological polar surface area (TPSA) is 12.9 Å². The van der Waals surface area contributed by atoms with Crippen molar-refractivity contribution in [1.29, 1.82) is 0 Å². The largest absolute Gasteiger partial charge is 0.256 e. The van der Waals surface area contributed by atoms with Crippen LogP contribution in [0, 0.1) is 13.8 Å². The zero-order valence-electron chi connectivity index (χ0n) is 24.0. The van der Waals surface area contributed by atoms with E-state index in [-0.39, 0.29) is 5.41 Å². The highest BCUT2D eigenvalue weighted by atomic mass is 14.7. The van der Waals surface area contributed by atoms with Gasteiger partial charge in [-0.3, -0.25) is 4.98 Å². The van der Waals surface area contributed by atoms with Gasteiger partial charge in [0.15, 0.2) is 0 Å². The van der Waals surface area contributed by atoms with Crippen molar-refractivity contribution < 1.29 is 0 Å². The molecule has 3 aromatic rings. The minimum Gasteiger partial charge on any atom is -0.256 e. The second kappa shape index (κ2) is 13.4. The first-order chi connectivity index (χ1) is 18.1. The fraction of sp³-hybridized carbons (Fsp3) is 0.528. The van der Waals surface area contributed by atoms with Gasteiger partial charge in [0.25, 0.3) is 0 Å². The van der Waals surface area contributed by atoms with E-state index in [1.807, 2.05) is 6.20 Å². The molecule has 0 saturated carbocycles. The first kappa shape index (κ1) is 27.6. The van der Waals surface area contributed by atoms with E-state index in [9.17, 15) is 0 Å². The lowest BCUT2D eigenvalue weighted by Gasteiger charge is -2.33. The van der Waals surface area contributed by atoms with E-state index < -0.39 is 0 Å². The Morgan fingerprint density at radius 1 is 0.568 bits per heavy atom. The number of hydrogen-bond acceptors (Lipinski definition) is 1. The van der Waals surface area contributed by atoms with Crippen LogP contribution in [-0.2, 0) is 5.41 Å². The number of aromatic nitrogens is 1. The van der Waals surface area contributed by atoms with Crippen LogP contribution in [0.5, 0.6) is 0 Å². The lowest BCUT2D eigenvalue weighted by molar-refractivity contribution is 0.398. The van der Waals surface area contributed by atoms with Crippen LogP contribution >= 0.6 is 0 Å². The summed E-state index contributed by atoms with van der Waals surface area (Å²) in [5, 5.41) is 0. The van der Waals surface area contributed by atoms with E-state index in [1.165, 1.54) is 118 Å². The molecule has 0 amide bonds. The molecule has 0 aliphatic heterocycles. The molecule has 0 atom stereocenters. The maximum Gasteiger partial charge on any atom is 0.0704 e. The maximum absolute atomic E-state index is 4.75. The average Bonchev–Trinajstić information content (AvgIpc) is 3.16. The van der Waals surface area contributed by atoms with Gasteiger partial charge in [0.2, 0.25) is 0 Å². The molecule has 0 saturated heterocycles. The number of unbranched alkanes of at least 4 members (excludes halogenated alkanes) is 10. The predicted octanol–water partition coefficient (Wildman–Crippen LogP) is 11.1. The minimum absolute atomic E-state index is 0.131. The van der Waals surface area contributed by atoms with Crippen molar-refractivity contribution in [1.82, 2.24) is 4.98 Å². The van der Waals surface area contributed by atoms with Crippen molar-refractivity contribution in [2.75, 3.05) is 0 Å². The molecule has 2 aromatic carbocycles. The Balaban J connectivity index is 1.70. The molecule has 0 bridgehead atoms. The highest BCUT2D eigenvalue weighted by molar-refractivity contribution is 5.83. The van der Waals surface area contributed by atoms with Gasteiger partial charge < -0.3 is 0 Å². The molecule has 1 aliphatic rings. The quantitative estimate of drug-likeness (QED) is 0.191. The Morgan fingerprint density at radius 2 is 1.11 bits per heavy atom. The average molecular weight is 496 g/mol. The summed E-state index contributed by atoms with van der Waals surface area (Å²) < 4.78 is 0. The summed E-state index contributed by atoms with van der Waals surface area (Å²) in [6, 6.07) is 18.8. The molecule has 0 spiro atoms. The van der Waals surface area contributed by atoms with E-state index in [1.54, 1.807) is 11.1 Å². The summed E-state index contributed by atoms with van der Waals surface area (Å²) in [6.07, 6.45) is 20.7. The Bertz CT molecular complexity index is 1130. The maximum atomic E-state index is 4.75. The normalized spacial score (nSPS) is 13.5. The SMILES string of the molecule is CCCCCCCCC1(CCCCCCCC)c2cc(C)ccc2-c2ccc(-c3cc(C)ccn3)cc21. The summed E-state index contributed by atoms with van der Waals surface area (Å²) in [5.74, 6) is 0. The van der Waals surface area contributed by atoms with Gasteiger partial charge in [0, 0.05) is 17.2 Å². The Kier molecular flexibility index (Phi) is 10.0. The van der Waals surface area contributed by atoms with E-state index in [4.69, 9.17) is 4.98 Å². The van der Waals surface area contributed by atoms with Crippen molar-refractivity contribution in [2.45, 2.75) is 123 Å².